The van der Waals surface area contributed by atoms with Crippen molar-refractivity contribution in [2.75, 3.05) is 23.8 Å². The van der Waals surface area contributed by atoms with E-state index in [1.807, 2.05) is 13.0 Å². The van der Waals surface area contributed by atoms with E-state index in [2.05, 4.69) is 20.7 Å². The summed E-state index contributed by atoms with van der Waals surface area (Å²) in [5.74, 6) is 0.633. The maximum Gasteiger partial charge on any atom is 0.264 e. The van der Waals surface area contributed by atoms with Crippen LogP contribution in [0.4, 0.5) is 11.4 Å². The predicted molar refractivity (Wildman–Crippen MR) is 111 cm³/mol. The average molecular weight is 469 g/mol. The summed E-state index contributed by atoms with van der Waals surface area (Å²) in [6.07, 6.45) is 0.583. The van der Waals surface area contributed by atoms with Gasteiger partial charge in [-0.05, 0) is 43.2 Å². The molecule has 3 rings (SSSR count). The van der Waals surface area contributed by atoms with Gasteiger partial charge in [-0.3, -0.25) is 9.52 Å². The number of carbonyl (C=O) groups excluding carboxylic acids is 1. The third-order valence-electron chi connectivity index (χ3n) is 4.60. The number of nitrogens with one attached hydrogen (secondary N) is 1. The Balaban J connectivity index is 2.13. The normalized spacial score (nSPS) is 15.9. The highest BCUT2D eigenvalue weighted by molar-refractivity contribution is 9.10. The molecule has 0 aromatic heterocycles. The van der Waals surface area contributed by atoms with Crippen molar-refractivity contribution in [2.24, 2.45) is 0 Å². The molecule has 1 heterocycles. The number of sulfonamides is 1. The molecule has 1 aliphatic rings. The van der Waals surface area contributed by atoms with Gasteiger partial charge in [0.05, 0.1) is 25.6 Å². The molecule has 0 radical (unpaired) electrons. The highest BCUT2D eigenvalue weighted by Crippen LogP contribution is 2.41. The molecule has 7 nitrogen and oxygen atoms in total. The highest BCUT2D eigenvalue weighted by atomic mass is 79.9. The summed E-state index contributed by atoms with van der Waals surface area (Å²) in [5.41, 5.74) is 1.46. The van der Waals surface area contributed by atoms with E-state index in [0.717, 1.165) is 5.56 Å². The second-order valence-corrected chi connectivity index (χ2v) is 9.09. The van der Waals surface area contributed by atoms with Gasteiger partial charge in [0.25, 0.3) is 10.0 Å². The third-order valence-corrected chi connectivity index (χ3v) is 6.43. The number of carbonyl (C=O) groups is 1. The maximum atomic E-state index is 13.3. The summed E-state index contributed by atoms with van der Waals surface area (Å²) >= 11 is 3.38. The molecule has 1 atom stereocenters. The summed E-state index contributed by atoms with van der Waals surface area (Å²) in [6, 6.07) is 8.06. The van der Waals surface area contributed by atoms with E-state index >= 15 is 0 Å². The Kier molecular flexibility index (Phi) is 5.58. The average Bonchev–Trinajstić information content (AvgIpc) is 2.95. The van der Waals surface area contributed by atoms with Crippen LogP contribution in [-0.4, -0.2) is 34.6 Å². The highest BCUT2D eigenvalue weighted by Gasteiger charge is 2.35. The zero-order chi connectivity index (χ0) is 20.6. The Morgan fingerprint density at radius 1 is 1.21 bits per heavy atom. The van der Waals surface area contributed by atoms with Gasteiger partial charge in [0.15, 0.2) is 0 Å². The number of hydrogen-bond acceptors (Lipinski definition) is 5. The molecular weight excluding hydrogens is 448 g/mol. The van der Waals surface area contributed by atoms with Gasteiger partial charge in [-0.25, -0.2) is 8.42 Å². The number of nitrogens with zero attached hydrogens (tertiary/aromatic N) is 1. The van der Waals surface area contributed by atoms with Crippen LogP contribution in [0, 0.1) is 0 Å². The molecule has 0 saturated heterocycles. The molecule has 1 unspecified atom stereocenters. The maximum absolute atomic E-state index is 13.3. The van der Waals surface area contributed by atoms with E-state index in [1.54, 1.807) is 18.2 Å². The van der Waals surface area contributed by atoms with Crippen LogP contribution >= 0.6 is 15.9 Å². The van der Waals surface area contributed by atoms with Gasteiger partial charge in [0, 0.05) is 23.5 Å². The predicted octanol–water partition coefficient (Wildman–Crippen LogP) is 3.56. The molecule has 1 amide bonds. The number of hydrogen-bond donors (Lipinski definition) is 1. The number of ether oxygens (including phenoxy) is 2. The van der Waals surface area contributed by atoms with Crippen molar-refractivity contribution in [2.45, 2.75) is 31.2 Å². The van der Waals surface area contributed by atoms with Crippen LogP contribution in [0.25, 0.3) is 0 Å². The van der Waals surface area contributed by atoms with Crippen molar-refractivity contribution in [1.29, 1.82) is 0 Å². The smallest absolute Gasteiger partial charge is 0.264 e. The van der Waals surface area contributed by atoms with Crippen LogP contribution in [0.2, 0.25) is 0 Å². The van der Waals surface area contributed by atoms with Gasteiger partial charge in [0.2, 0.25) is 5.91 Å². The minimum Gasteiger partial charge on any atom is -0.497 e. The van der Waals surface area contributed by atoms with E-state index in [4.69, 9.17) is 9.47 Å². The Labute approximate surface area is 172 Å². The van der Waals surface area contributed by atoms with Crippen molar-refractivity contribution in [1.82, 2.24) is 0 Å². The fourth-order valence-electron chi connectivity index (χ4n) is 3.45. The van der Waals surface area contributed by atoms with Crippen molar-refractivity contribution in [3.63, 3.8) is 0 Å². The zero-order valence-corrected chi connectivity index (χ0v) is 18.3. The first kappa shape index (κ1) is 20.5. The quantitative estimate of drug-likeness (QED) is 0.724. The number of anilines is 2. The molecule has 2 aromatic rings. The lowest BCUT2D eigenvalue weighted by molar-refractivity contribution is -0.116. The second-order valence-electron chi connectivity index (χ2n) is 6.53. The molecular formula is C19H21BrN2O5S. The molecule has 0 fully saturated rings. The molecule has 0 aliphatic carbocycles. The lowest BCUT2D eigenvalue weighted by Crippen LogP contribution is -2.34. The number of fused-ring (bicyclic) bond motifs is 1. The molecule has 150 valence electrons. The standard InChI is InChI=1S/C19H21BrN2O5S/c1-11-7-13-8-14(20)9-18(19(13)22(11)12(2)23)28(24,25)21-16-10-15(26-3)5-6-17(16)27-4/h5-6,8-11,21H,7H2,1-4H3. The monoisotopic (exact) mass is 468 g/mol. The lowest BCUT2D eigenvalue weighted by Gasteiger charge is -2.23. The minimum absolute atomic E-state index is 0.0290. The van der Waals surface area contributed by atoms with Crippen molar-refractivity contribution >= 4 is 43.2 Å². The van der Waals surface area contributed by atoms with Crippen LogP contribution in [0.1, 0.15) is 19.4 Å². The van der Waals surface area contributed by atoms with Gasteiger partial charge in [-0.2, -0.15) is 0 Å². The van der Waals surface area contributed by atoms with E-state index in [1.165, 1.54) is 32.1 Å². The van der Waals surface area contributed by atoms with E-state index < -0.39 is 10.0 Å². The Morgan fingerprint density at radius 2 is 1.93 bits per heavy atom. The minimum atomic E-state index is -4.02. The number of halogens is 1. The largest absolute Gasteiger partial charge is 0.497 e. The SMILES string of the molecule is COc1ccc(OC)c(NS(=O)(=O)c2cc(Br)cc3c2N(C(C)=O)C(C)C3)c1. The van der Waals surface area contributed by atoms with Gasteiger partial charge in [-0.15, -0.1) is 0 Å². The van der Waals surface area contributed by atoms with Crippen molar-refractivity contribution in [3.8, 4) is 11.5 Å². The topological polar surface area (TPSA) is 84.9 Å². The Hall–Kier alpha value is -2.26. The van der Waals surface area contributed by atoms with Crippen LogP contribution in [0.5, 0.6) is 11.5 Å². The van der Waals surface area contributed by atoms with Gasteiger partial charge in [-0.1, -0.05) is 15.9 Å². The van der Waals surface area contributed by atoms with E-state index in [9.17, 15) is 13.2 Å². The summed E-state index contributed by atoms with van der Waals surface area (Å²) in [5, 5.41) is 0. The zero-order valence-electron chi connectivity index (χ0n) is 15.9. The summed E-state index contributed by atoms with van der Waals surface area (Å²) in [4.78, 5) is 13.7. The first-order chi connectivity index (χ1) is 13.2. The molecule has 2 aromatic carbocycles. The van der Waals surface area contributed by atoms with Crippen LogP contribution < -0.4 is 19.1 Å². The molecule has 1 aliphatic heterocycles. The summed E-state index contributed by atoms with van der Waals surface area (Å²) in [7, 11) is -1.07. The summed E-state index contributed by atoms with van der Waals surface area (Å²) < 4.78 is 40.2. The van der Waals surface area contributed by atoms with E-state index in [-0.39, 0.29) is 22.5 Å². The van der Waals surface area contributed by atoms with Crippen molar-refractivity contribution < 1.29 is 22.7 Å². The first-order valence-electron chi connectivity index (χ1n) is 8.55. The van der Waals surface area contributed by atoms with Crippen LogP contribution in [0.3, 0.4) is 0 Å². The number of amides is 1. The number of rotatable bonds is 5. The van der Waals surface area contributed by atoms with Gasteiger partial charge >= 0.3 is 0 Å². The van der Waals surface area contributed by atoms with Gasteiger partial charge in [0.1, 0.15) is 16.4 Å². The molecule has 1 N–H and O–H groups in total. The number of benzene rings is 2. The number of methoxy groups -OCH3 is 2. The van der Waals surface area contributed by atoms with Gasteiger partial charge < -0.3 is 14.4 Å². The fraction of sp³-hybridized carbons (Fsp3) is 0.316. The van der Waals surface area contributed by atoms with Crippen molar-refractivity contribution in [3.05, 3.63) is 40.4 Å². The third kappa shape index (κ3) is 3.68. The Morgan fingerprint density at radius 3 is 2.54 bits per heavy atom. The van der Waals surface area contributed by atoms with Crippen LogP contribution in [-0.2, 0) is 21.2 Å². The van der Waals surface area contributed by atoms with Crippen LogP contribution in [0.15, 0.2) is 39.7 Å². The Bertz CT molecular complexity index is 1040. The first-order valence-corrected chi connectivity index (χ1v) is 10.8. The summed E-state index contributed by atoms with van der Waals surface area (Å²) in [6.45, 7) is 3.33. The fourth-order valence-corrected chi connectivity index (χ4v) is 5.44. The second kappa shape index (κ2) is 7.63. The lowest BCUT2D eigenvalue weighted by atomic mass is 10.1. The molecule has 0 bridgehead atoms. The molecule has 9 heteroatoms. The molecule has 0 saturated carbocycles. The molecule has 0 spiro atoms. The van der Waals surface area contributed by atoms with E-state index in [0.29, 0.717) is 28.1 Å². The molecule has 28 heavy (non-hydrogen) atoms.